The lowest BCUT2D eigenvalue weighted by molar-refractivity contribution is -0.117. The Labute approximate surface area is 80.6 Å². The summed E-state index contributed by atoms with van der Waals surface area (Å²) < 4.78 is 0. The van der Waals surface area contributed by atoms with Gasteiger partial charge in [-0.3, -0.25) is 10.1 Å². The highest BCUT2D eigenvalue weighted by molar-refractivity contribution is 5.86. The molecular weight excluding hydrogens is 164 g/mol. The molecule has 0 aromatic carbocycles. The molecule has 76 valence electrons. The van der Waals surface area contributed by atoms with Crippen molar-refractivity contribution in [3.8, 4) is 0 Å². The highest BCUT2D eigenvalue weighted by Crippen LogP contribution is 1.96. The molecule has 3 nitrogen and oxygen atoms in total. The molecule has 1 unspecified atom stereocenters. The van der Waals surface area contributed by atoms with Gasteiger partial charge in [0, 0.05) is 6.04 Å². The van der Waals surface area contributed by atoms with Gasteiger partial charge in [-0.15, -0.1) is 0 Å². The molecule has 0 fully saturated rings. The molecule has 0 rings (SSSR count). The van der Waals surface area contributed by atoms with E-state index in [2.05, 4.69) is 31.1 Å². The van der Waals surface area contributed by atoms with Crippen LogP contribution in [0.2, 0.25) is 0 Å². The van der Waals surface area contributed by atoms with Crippen LogP contribution in [-0.2, 0) is 4.79 Å². The number of carbonyl (C=O) groups excluding carboxylic acids is 1. The van der Waals surface area contributed by atoms with E-state index >= 15 is 0 Å². The Bertz CT molecular complexity index is 164. The third-order valence-corrected chi connectivity index (χ3v) is 2.02. The van der Waals surface area contributed by atoms with E-state index in [1.807, 2.05) is 6.92 Å². The molecule has 0 spiro atoms. The van der Waals surface area contributed by atoms with Gasteiger partial charge in [-0.1, -0.05) is 20.4 Å². The van der Waals surface area contributed by atoms with Crippen LogP contribution in [0.3, 0.4) is 0 Å². The van der Waals surface area contributed by atoms with E-state index in [0.717, 1.165) is 12.8 Å². The van der Waals surface area contributed by atoms with Gasteiger partial charge in [0.2, 0.25) is 5.91 Å². The summed E-state index contributed by atoms with van der Waals surface area (Å²) in [6.07, 6.45) is 3.44. The topological polar surface area (TPSA) is 41.1 Å². The molecule has 0 aliphatic carbocycles. The van der Waals surface area contributed by atoms with E-state index in [-0.39, 0.29) is 12.1 Å². The predicted molar refractivity (Wildman–Crippen MR) is 55.3 cm³/mol. The van der Waals surface area contributed by atoms with Crippen LogP contribution in [0.5, 0.6) is 0 Å². The van der Waals surface area contributed by atoms with Gasteiger partial charge in [-0.2, -0.15) is 0 Å². The first-order valence-electron chi connectivity index (χ1n) is 4.83. The fourth-order valence-corrected chi connectivity index (χ4v) is 1.19. The fraction of sp³-hybridized carbons (Fsp3) is 0.700. The zero-order chi connectivity index (χ0) is 10.3. The lowest BCUT2D eigenvalue weighted by atomic mass is 10.2. The van der Waals surface area contributed by atoms with Gasteiger partial charge in [0.1, 0.15) is 0 Å². The van der Waals surface area contributed by atoms with Crippen molar-refractivity contribution in [2.75, 3.05) is 0 Å². The number of amides is 1. The minimum Gasteiger partial charge on any atom is -0.338 e. The van der Waals surface area contributed by atoms with Gasteiger partial charge in [0.05, 0.1) is 6.17 Å². The van der Waals surface area contributed by atoms with Crippen molar-refractivity contribution in [3.05, 3.63) is 12.7 Å². The Kier molecular flexibility index (Phi) is 6.24. The molecule has 1 atom stereocenters. The number of carbonyl (C=O) groups is 1. The smallest absolute Gasteiger partial charge is 0.244 e. The summed E-state index contributed by atoms with van der Waals surface area (Å²) in [7, 11) is 0. The van der Waals surface area contributed by atoms with Crippen molar-refractivity contribution in [1.29, 1.82) is 0 Å². The average molecular weight is 184 g/mol. The Morgan fingerprint density at radius 2 is 2.00 bits per heavy atom. The zero-order valence-electron chi connectivity index (χ0n) is 8.76. The predicted octanol–water partition coefficient (Wildman–Crippen LogP) is 1.41. The SMILES string of the molecule is C=CC(=O)NC(C)NC(CC)CC. The molecule has 0 bridgehead atoms. The molecule has 13 heavy (non-hydrogen) atoms. The van der Waals surface area contributed by atoms with E-state index in [1.54, 1.807) is 0 Å². The first-order chi connectivity index (χ1) is 6.13. The minimum absolute atomic E-state index is 0.00963. The van der Waals surface area contributed by atoms with Gasteiger partial charge in [-0.05, 0) is 25.8 Å². The van der Waals surface area contributed by atoms with Crippen molar-refractivity contribution >= 4 is 5.91 Å². The molecular formula is C10H20N2O. The van der Waals surface area contributed by atoms with Gasteiger partial charge >= 0.3 is 0 Å². The maximum absolute atomic E-state index is 10.9. The van der Waals surface area contributed by atoms with Gasteiger partial charge < -0.3 is 5.32 Å². The monoisotopic (exact) mass is 184 g/mol. The molecule has 3 heteroatoms. The van der Waals surface area contributed by atoms with Crippen molar-refractivity contribution in [1.82, 2.24) is 10.6 Å². The Hall–Kier alpha value is -0.830. The standard InChI is InChI=1S/C10H20N2O/c1-5-9(6-2)11-8(4)12-10(13)7-3/h7-9,11H,3,5-6H2,1-2,4H3,(H,12,13). The fourth-order valence-electron chi connectivity index (χ4n) is 1.19. The highest BCUT2D eigenvalue weighted by Gasteiger charge is 2.08. The summed E-state index contributed by atoms with van der Waals surface area (Å²) in [5.74, 6) is -0.133. The quantitative estimate of drug-likeness (QED) is 0.484. The summed E-state index contributed by atoms with van der Waals surface area (Å²) in [6, 6.07) is 0.472. The molecule has 0 radical (unpaired) electrons. The van der Waals surface area contributed by atoms with E-state index in [9.17, 15) is 4.79 Å². The zero-order valence-corrected chi connectivity index (χ0v) is 8.76. The highest BCUT2D eigenvalue weighted by atomic mass is 16.1. The lowest BCUT2D eigenvalue weighted by Gasteiger charge is -2.21. The molecule has 0 aliphatic heterocycles. The van der Waals surface area contributed by atoms with E-state index in [1.165, 1.54) is 6.08 Å². The Balaban J connectivity index is 3.77. The lowest BCUT2D eigenvalue weighted by Crippen LogP contribution is -2.46. The first kappa shape index (κ1) is 12.2. The second-order valence-corrected chi connectivity index (χ2v) is 3.11. The van der Waals surface area contributed by atoms with E-state index in [4.69, 9.17) is 0 Å². The third kappa shape index (κ3) is 5.42. The summed E-state index contributed by atoms with van der Waals surface area (Å²) >= 11 is 0. The molecule has 0 saturated carbocycles. The van der Waals surface area contributed by atoms with Crippen molar-refractivity contribution < 1.29 is 4.79 Å². The maximum atomic E-state index is 10.9. The van der Waals surface area contributed by atoms with Crippen LogP contribution in [0.4, 0.5) is 0 Å². The Morgan fingerprint density at radius 1 is 1.46 bits per heavy atom. The second-order valence-electron chi connectivity index (χ2n) is 3.11. The van der Waals surface area contributed by atoms with Crippen molar-refractivity contribution in [2.45, 2.75) is 45.8 Å². The number of nitrogens with one attached hydrogen (secondary N) is 2. The molecule has 0 aliphatic rings. The summed E-state index contributed by atoms with van der Waals surface area (Å²) in [5, 5.41) is 6.06. The van der Waals surface area contributed by atoms with Crippen LogP contribution in [0.25, 0.3) is 0 Å². The van der Waals surface area contributed by atoms with Crippen LogP contribution in [0.1, 0.15) is 33.6 Å². The van der Waals surface area contributed by atoms with Gasteiger partial charge in [0.25, 0.3) is 0 Å². The second kappa shape index (κ2) is 6.66. The number of rotatable bonds is 6. The summed E-state index contributed by atoms with van der Waals surface area (Å²) in [5.41, 5.74) is 0. The molecule has 0 aromatic heterocycles. The van der Waals surface area contributed by atoms with Crippen LogP contribution in [0, 0.1) is 0 Å². The average Bonchev–Trinajstić information content (AvgIpc) is 2.13. The summed E-state index contributed by atoms with van der Waals surface area (Å²) in [6.45, 7) is 9.58. The van der Waals surface area contributed by atoms with E-state index in [0.29, 0.717) is 6.04 Å². The van der Waals surface area contributed by atoms with Crippen molar-refractivity contribution in [3.63, 3.8) is 0 Å². The van der Waals surface area contributed by atoms with Crippen molar-refractivity contribution in [2.24, 2.45) is 0 Å². The van der Waals surface area contributed by atoms with Gasteiger partial charge in [-0.25, -0.2) is 0 Å². The van der Waals surface area contributed by atoms with E-state index < -0.39 is 0 Å². The summed E-state index contributed by atoms with van der Waals surface area (Å²) in [4.78, 5) is 10.9. The largest absolute Gasteiger partial charge is 0.338 e. The normalized spacial score (nSPS) is 12.6. The molecule has 2 N–H and O–H groups in total. The molecule has 1 amide bonds. The maximum Gasteiger partial charge on any atom is 0.244 e. The number of hydrogen-bond acceptors (Lipinski definition) is 2. The van der Waals surface area contributed by atoms with Crippen LogP contribution in [0.15, 0.2) is 12.7 Å². The Morgan fingerprint density at radius 3 is 2.38 bits per heavy atom. The first-order valence-corrected chi connectivity index (χ1v) is 4.83. The van der Waals surface area contributed by atoms with Crippen LogP contribution < -0.4 is 10.6 Å². The van der Waals surface area contributed by atoms with Crippen LogP contribution >= 0.6 is 0 Å². The third-order valence-electron chi connectivity index (χ3n) is 2.02. The minimum atomic E-state index is -0.133. The molecule has 0 heterocycles. The number of hydrogen-bond donors (Lipinski definition) is 2. The molecule has 0 aromatic rings. The molecule has 0 saturated heterocycles. The van der Waals surface area contributed by atoms with Gasteiger partial charge in [0.15, 0.2) is 0 Å². The van der Waals surface area contributed by atoms with Crippen LogP contribution in [-0.4, -0.2) is 18.1 Å².